The van der Waals surface area contributed by atoms with Gasteiger partial charge < -0.3 is 25.4 Å². The lowest BCUT2D eigenvalue weighted by molar-refractivity contribution is -0.114. The van der Waals surface area contributed by atoms with Crippen molar-refractivity contribution < 1.29 is 19.1 Å². The molecule has 11 heteroatoms. The number of amides is 2. The molecule has 34 heavy (non-hydrogen) atoms. The highest BCUT2D eigenvalue weighted by atomic mass is 32.2. The molecule has 3 aromatic rings. The van der Waals surface area contributed by atoms with E-state index in [1.807, 2.05) is 36.4 Å². The van der Waals surface area contributed by atoms with Crippen LogP contribution in [0.15, 0.2) is 46.8 Å². The quantitative estimate of drug-likeness (QED) is 0.390. The number of benzene rings is 2. The summed E-state index contributed by atoms with van der Waals surface area (Å²) >= 11 is 2.66. The molecule has 176 valence electrons. The van der Waals surface area contributed by atoms with Gasteiger partial charge in [-0.25, -0.2) is 0 Å². The lowest BCUT2D eigenvalue weighted by Crippen LogP contribution is -2.34. The van der Waals surface area contributed by atoms with Gasteiger partial charge in [0.15, 0.2) is 15.8 Å². The molecule has 1 aliphatic heterocycles. The van der Waals surface area contributed by atoms with Crippen molar-refractivity contribution in [3.8, 4) is 11.5 Å². The van der Waals surface area contributed by atoms with Gasteiger partial charge >= 0.3 is 0 Å². The Hall–Kier alpha value is -3.31. The van der Waals surface area contributed by atoms with Crippen LogP contribution in [-0.4, -0.2) is 33.6 Å². The molecule has 3 N–H and O–H groups in total. The van der Waals surface area contributed by atoms with Gasteiger partial charge in [0.25, 0.3) is 5.79 Å². The number of carbonyl (C=O) groups excluding carboxylic acids is 2. The molecule has 0 radical (unpaired) electrons. The Bertz CT molecular complexity index is 1230. The number of nitrogens with one attached hydrogen (secondary N) is 3. The zero-order valence-electron chi connectivity index (χ0n) is 18.4. The predicted octanol–water partition coefficient (Wildman–Crippen LogP) is 5.01. The smallest absolute Gasteiger partial charge is 0.251 e. The summed E-state index contributed by atoms with van der Waals surface area (Å²) in [5.74, 6) is 0.803. The standard InChI is InChI=1S/C23H23N5O4S2/c1-14(29)24-15-5-4-6-16(11-15)26-21-27-28-22(34-21)33-13-20(30)25-17-7-8-18-19(12-17)32-23(31-18)9-2-3-10-23/h4-8,11-12H,2-3,9-10,13H2,1H3,(H,24,29)(H,25,30)(H,26,27). The molecule has 5 rings (SSSR count). The number of hydrogen-bond acceptors (Lipinski definition) is 9. The van der Waals surface area contributed by atoms with E-state index in [1.54, 1.807) is 6.07 Å². The zero-order chi connectivity index (χ0) is 23.5. The SMILES string of the molecule is CC(=O)Nc1cccc(Nc2nnc(SCC(=O)Nc3ccc4c(c3)OC3(CCCC3)O4)s2)c1. The van der Waals surface area contributed by atoms with Gasteiger partial charge in [0.05, 0.1) is 5.75 Å². The largest absolute Gasteiger partial charge is 0.448 e. The number of thioether (sulfide) groups is 1. The molecule has 2 aromatic carbocycles. The molecule has 1 fully saturated rings. The van der Waals surface area contributed by atoms with Crippen molar-refractivity contribution in [2.24, 2.45) is 0 Å². The summed E-state index contributed by atoms with van der Waals surface area (Å²) in [6.07, 6.45) is 3.97. The van der Waals surface area contributed by atoms with Crippen molar-refractivity contribution in [3.63, 3.8) is 0 Å². The average molecular weight is 498 g/mol. The number of rotatable bonds is 7. The Morgan fingerprint density at radius 3 is 2.59 bits per heavy atom. The second kappa shape index (κ2) is 9.51. The van der Waals surface area contributed by atoms with Gasteiger partial charge in [0.2, 0.25) is 16.9 Å². The van der Waals surface area contributed by atoms with E-state index in [4.69, 9.17) is 9.47 Å². The summed E-state index contributed by atoms with van der Waals surface area (Å²) in [5, 5.41) is 17.7. The molecule has 0 saturated heterocycles. The normalized spacial score (nSPS) is 15.3. The summed E-state index contributed by atoms with van der Waals surface area (Å²) < 4.78 is 12.7. The molecule has 0 unspecified atom stereocenters. The highest BCUT2D eigenvalue weighted by Crippen LogP contribution is 2.47. The number of fused-ring (bicyclic) bond motifs is 1. The van der Waals surface area contributed by atoms with E-state index in [1.165, 1.54) is 30.0 Å². The van der Waals surface area contributed by atoms with Crippen molar-refractivity contribution >= 4 is 57.1 Å². The van der Waals surface area contributed by atoms with Gasteiger partial charge in [-0.05, 0) is 43.2 Å². The maximum atomic E-state index is 12.5. The fourth-order valence-corrected chi connectivity index (χ4v) is 5.51. The first-order chi connectivity index (χ1) is 16.5. The van der Waals surface area contributed by atoms with Crippen LogP contribution in [0.2, 0.25) is 0 Å². The Morgan fingerprint density at radius 1 is 1.00 bits per heavy atom. The summed E-state index contributed by atoms with van der Waals surface area (Å²) in [5.41, 5.74) is 2.13. The predicted molar refractivity (Wildman–Crippen MR) is 132 cm³/mol. The third kappa shape index (κ3) is 5.26. The average Bonchev–Trinajstić information content (AvgIpc) is 3.52. The monoisotopic (exact) mass is 497 g/mol. The summed E-state index contributed by atoms with van der Waals surface area (Å²) in [6, 6.07) is 12.8. The molecule has 1 spiro atoms. The van der Waals surface area contributed by atoms with Crippen LogP contribution in [0.1, 0.15) is 32.6 Å². The molecule has 2 aliphatic rings. The van der Waals surface area contributed by atoms with E-state index in [0.29, 0.717) is 26.6 Å². The minimum Gasteiger partial charge on any atom is -0.448 e. The van der Waals surface area contributed by atoms with Crippen molar-refractivity contribution in [3.05, 3.63) is 42.5 Å². The molecule has 0 bridgehead atoms. The Labute approximate surface area is 204 Å². The maximum absolute atomic E-state index is 12.5. The van der Waals surface area contributed by atoms with Crippen LogP contribution in [0.4, 0.5) is 22.2 Å². The number of aromatic nitrogens is 2. The van der Waals surface area contributed by atoms with Crippen LogP contribution >= 0.6 is 23.1 Å². The van der Waals surface area contributed by atoms with Gasteiger partial charge in [-0.15, -0.1) is 10.2 Å². The Kier molecular flexibility index (Phi) is 6.29. The molecule has 1 aliphatic carbocycles. The molecule has 9 nitrogen and oxygen atoms in total. The number of carbonyl (C=O) groups is 2. The first-order valence-electron chi connectivity index (χ1n) is 10.9. The third-order valence-electron chi connectivity index (χ3n) is 5.35. The van der Waals surface area contributed by atoms with Crippen LogP contribution in [-0.2, 0) is 9.59 Å². The number of anilines is 4. The van der Waals surface area contributed by atoms with E-state index in [9.17, 15) is 9.59 Å². The van der Waals surface area contributed by atoms with Gasteiger partial charge in [-0.2, -0.15) is 0 Å². The van der Waals surface area contributed by atoms with E-state index < -0.39 is 5.79 Å². The molecular weight excluding hydrogens is 474 g/mol. The van der Waals surface area contributed by atoms with Crippen molar-refractivity contribution in [1.82, 2.24) is 10.2 Å². The second-order valence-electron chi connectivity index (χ2n) is 8.08. The van der Waals surface area contributed by atoms with Crippen LogP contribution in [0.25, 0.3) is 0 Å². The summed E-state index contributed by atoms with van der Waals surface area (Å²) in [7, 11) is 0. The fourth-order valence-electron chi connectivity index (χ4n) is 3.93. The van der Waals surface area contributed by atoms with Gasteiger partial charge in [0, 0.05) is 42.9 Å². The van der Waals surface area contributed by atoms with Crippen LogP contribution in [0, 0.1) is 0 Å². The van der Waals surface area contributed by atoms with Crippen molar-refractivity contribution in [1.29, 1.82) is 0 Å². The molecule has 1 aromatic heterocycles. The molecular formula is C23H23N5O4S2. The van der Waals surface area contributed by atoms with Crippen LogP contribution in [0.3, 0.4) is 0 Å². The Balaban J connectivity index is 1.13. The second-order valence-corrected chi connectivity index (χ2v) is 10.3. The topological polar surface area (TPSA) is 114 Å². The van der Waals surface area contributed by atoms with E-state index in [-0.39, 0.29) is 17.6 Å². The van der Waals surface area contributed by atoms with Gasteiger partial charge in [-0.3, -0.25) is 9.59 Å². The highest BCUT2D eigenvalue weighted by molar-refractivity contribution is 8.01. The number of hydrogen-bond donors (Lipinski definition) is 3. The maximum Gasteiger partial charge on any atom is 0.251 e. The number of nitrogens with zero attached hydrogens (tertiary/aromatic N) is 2. The minimum absolute atomic E-state index is 0.136. The van der Waals surface area contributed by atoms with Crippen LogP contribution < -0.4 is 25.4 Å². The first-order valence-corrected chi connectivity index (χ1v) is 12.7. The molecule has 1 saturated carbocycles. The molecule has 0 atom stereocenters. The molecule has 2 amide bonds. The van der Waals surface area contributed by atoms with E-state index in [2.05, 4.69) is 26.1 Å². The third-order valence-corrected chi connectivity index (χ3v) is 7.32. The lowest BCUT2D eigenvalue weighted by Gasteiger charge is -2.21. The molecule has 2 heterocycles. The van der Waals surface area contributed by atoms with Crippen LogP contribution in [0.5, 0.6) is 11.5 Å². The van der Waals surface area contributed by atoms with Gasteiger partial charge in [-0.1, -0.05) is 29.2 Å². The summed E-state index contributed by atoms with van der Waals surface area (Å²) in [4.78, 5) is 23.7. The van der Waals surface area contributed by atoms with E-state index >= 15 is 0 Å². The lowest BCUT2D eigenvalue weighted by atomic mass is 10.2. The zero-order valence-corrected chi connectivity index (χ0v) is 20.1. The van der Waals surface area contributed by atoms with Gasteiger partial charge in [0.1, 0.15) is 0 Å². The van der Waals surface area contributed by atoms with E-state index in [0.717, 1.165) is 37.1 Å². The Morgan fingerprint density at radius 2 is 1.76 bits per heavy atom. The fraction of sp³-hybridized carbons (Fsp3) is 0.304. The van der Waals surface area contributed by atoms with Crippen molar-refractivity contribution in [2.45, 2.75) is 42.7 Å². The summed E-state index contributed by atoms with van der Waals surface area (Å²) in [6.45, 7) is 1.46. The first kappa shape index (κ1) is 22.5. The highest BCUT2D eigenvalue weighted by Gasteiger charge is 2.44. The minimum atomic E-state index is -0.518. The number of ether oxygens (including phenoxy) is 2. The van der Waals surface area contributed by atoms with Crippen molar-refractivity contribution in [2.75, 3.05) is 21.7 Å².